The van der Waals surface area contributed by atoms with Crippen molar-refractivity contribution in [3.05, 3.63) is 59.2 Å². The van der Waals surface area contributed by atoms with Crippen LogP contribution < -0.4 is 10.2 Å². The van der Waals surface area contributed by atoms with Crippen molar-refractivity contribution in [2.75, 3.05) is 11.4 Å². The molecule has 0 saturated heterocycles. The zero-order chi connectivity index (χ0) is 22.2. The molecule has 1 aliphatic carbocycles. The summed E-state index contributed by atoms with van der Waals surface area (Å²) in [6.07, 6.45) is 1.84. The van der Waals surface area contributed by atoms with E-state index in [-0.39, 0.29) is 55.0 Å². The number of carbonyl (C=O) groups excluding carboxylic acids is 2. The molecule has 4 rings (SSSR count). The summed E-state index contributed by atoms with van der Waals surface area (Å²) in [7, 11) is 0. The van der Waals surface area contributed by atoms with E-state index in [1.807, 2.05) is 25.1 Å². The van der Waals surface area contributed by atoms with Crippen LogP contribution in [0.2, 0.25) is 0 Å². The third-order valence-electron chi connectivity index (χ3n) is 6.17. The van der Waals surface area contributed by atoms with Crippen LogP contribution in [-0.2, 0) is 11.2 Å². The number of carbonyl (C=O) groups is 2. The van der Waals surface area contributed by atoms with E-state index >= 15 is 0 Å². The van der Waals surface area contributed by atoms with Gasteiger partial charge in [0.05, 0.1) is 11.6 Å². The molecule has 0 unspecified atom stereocenters. The molecular formula is C23H24F3N3O2. The molecule has 1 saturated carbocycles. The van der Waals surface area contributed by atoms with Gasteiger partial charge in [0.2, 0.25) is 17.8 Å². The van der Waals surface area contributed by atoms with Gasteiger partial charge in [0, 0.05) is 37.2 Å². The monoisotopic (exact) mass is 431 g/mol. The van der Waals surface area contributed by atoms with Crippen LogP contribution in [0.25, 0.3) is 0 Å². The van der Waals surface area contributed by atoms with Crippen LogP contribution in [0.1, 0.15) is 60.1 Å². The smallest absolute Gasteiger partial charge is 0.253 e. The van der Waals surface area contributed by atoms with Gasteiger partial charge in [0.25, 0.3) is 5.91 Å². The Morgan fingerprint density at radius 3 is 2.61 bits per heavy atom. The Balaban J connectivity index is 1.42. The molecule has 2 aromatic rings. The third-order valence-corrected chi connectivity index (χ3v) is 6.17. The lowest BCUT2D eigenvalue weighted by Gasteiger charge is -2.30. The maximum Gasteiger partial charge on any atom is 0.253 e. The maximum atomic E-state index is 13.4. The van der Waals surface area contributed by atoms with Gasteiger partial charge in [0.15, 0.2) is 0 Å². The molecule has 0 bridgehead atoms. The SMILES string of the molecule is C[C@@H](NC(=O)c1ccc(F)nc1)c1ccc2c(c1)CCN2C(=O)C1CCC(F)(F)CC1. The lowest BCUT2D eigenvalue weighted by Crippen LogP contribution is -2.38. The number of aromatic nitrogens is 1. The third kappa shape index (κ3) is 4.57. The molecule has 2 amide bonds. The van der Waals surface area contributed by atoms with Gasteiger partial charge in [-0.2, -0.15) is 4.39 Å². The highest BCUT2D eigenvalue weighted by Gasteiger charge is 2.39. The van der Waals surface area contributed by atoms with Gasteiger partial charge in [-0.25, -0.2) is 13.8 Å². The van der Waals surface area contributed by atoms with E-state index in [0.29, 0.717) is 13.0 Å². The first-order valence-corrected chi connectivity index (χ1v) is 10.5. The zero-order valence-corrected chi connectivity index (χ0v) is 17.2. The van der Waals surface area contributed by atoms with Gasteiger partial charge in [-0.15, -0.1) is 0 Å². The molecule has 1 aromatic carbocycles. The second-order valence-corrected chi connectivity index (χ2v) is 8.32. The second kappa shape index (κ2) is 8.32. The van der Waals surface area contributed by atoms with E-state index < -0.39 is 11.9 Å². The number of alkyl halides is 2. The highest BCUT2D eigenvalue weighted by Crippen LogP contribution is 2.39. The summed E-state index contributed by atoms with van der Waals surface area (Å²) in [6.45, 7) is 2.38. The van der Waals surface area contributed by atoms with Gasteiger partial charge in [-0.3, -0.25) is 9.59 Å². The number of benzene rings is 1. The predicted octanol–water partition coefficient (Wildman–Crippen LogP) is 4.43. The first kappa shape index (κ1) is 21.3. The molecule has 1 atom stereocenters. The Labute approximate surface area is 178 Å². The molecule has 1 N–H and O–H groups in total. The van der Waals surface area contributed by atoms with Crippen molar-refractivity contribution in [2.45, 2.75) is 51.0 Å². The first-order valence-electron chi connectivity index (χ1n) is 10.5. The fraction of sp³-hybridized carbons (Fsp3) is 0.435. The van der Waals surface area contributed by atoms with Crippen LogP contribution in [0.4, 0.5) is 18.9 Å². The standard InChI is InChI=1S/C23H24F3N3O2/c1-14(28-21(30)18-3-5-20(24)27-13-18)16-2-4-19-17(12-16)8-11-29(19)22(31)15-6-9-23(25,26)10-7-15/h2-5,12-15H,6-11H2,1H3,(H,28,30)/t14-/m1/s1. The normalized spacial score (nSPS) is 19.0. The first-order chi connectivity index (χ1) is 14.7. The number of nitrogens with one attached hydrogen (secondary N) is 1. The minimum absolute atomic E-state index is 0.0767. The fourth-order valence-electron chi connectivity index (χ4n) is 4.30. The number of hydrogen-bond acceptors (Lipinski definition) is 3. The molecule has 2 aliphatic rings. The number of anilines is 1. The molecule has 31 heavy (non-hydrogen) atoms. The van der Waals surface area contributed by atoms with Gasteiger partial charge in [-0.1, -0.05) is 12.1 Å². The van der Waals surface area contributed by atoms with Crippen molar-refractivity contribution in [3.63, 3.8) is 0 Å². The zero-order valence-electron chi connectivity index (χ0n) is 17.2. The topological polar surface area (TPSA) is 62.3 Å². The van der Waals surface area contributed by atoms with Gasteiger partial charge < -0.3 is 10.2 Å². The molecule has 0 radical (unpaired) electrons. The summed E-state index contributed by atoms with van der Waals surface area (Å²) < 4.78 is 39.8. The Morgan fingerprint density at radius 1 is 1.19 bits per heavy atom. The largest absolute Gasteiger partial charge is 0.345 e. The summed E-state index contributed by atoms with van der Waals surface area (Å²) in [4.78, 5) is 30.5. The number of hydrogen-bond donors (Lipinski definition) is 1. The summed E-state index contributed by atoms with van der Waals surface area (Å²) in [5, 5.41) is 2.86. The van der Waals surface area contributed by atoms with Crippen LogP contribution in [0.15, 0.2) is 36.5 Å². The summed E-state index contributed by atoms with van der Waals surface area (Å²) >= 11 is 0. The van der Waals surface area contributed by atoms with Crippen molar-refractivity contribution in [2.24, 2.45) is 5.92 Å². The molecule has 8 heteroatoms. The number of nitrogens with zero attached hydrogens (tertiary/aromatic N) is 2. The van der Waals surface area contributed by atoms with E-state index in [1.165, 1.54) is 12.3 Å². The predicted molar refractivity (Wildman–Crippen MR) is 109 cm³/mol. The van der Waals surface area contributed by atoms with Crippen molar-refractivity contribution in [3.8, 4) is 0 Å². The molecule has 0 spiro atoms. The maximum absolute atomic E-state index is 13.4. The molecule has 1 aromatic heterocycles. The van der Waals surface area contributed by atoms with Crippen LogP contribution in [0, 0.1) is 11.9 Å². The lowest BCUT2D eigenvalue weighted by molar-refractivity contribution is -0.126. The van der Waals surface area contributed by atoms with Crippen LogP contribution in [0.3, 0.4) is 0 Å². The van der Waals surface area contributed by atoms with Gasteiger partial charge >= 0.3 is 0 Å². The van der Waals surface area contributed by atoms with E-state index in [2.05, 4.69) is 10.3 Å². The molecular weight excluding hydrogens is 407 g/mol. The number of halogens is 3. The minimum atomic E-state index is -2.65. The van der Waals surface area contributed by atoms with Crippen LogP contribution in [0.5, 0.6) is 0 Å². The summed E-state index contributed by atoms with van der Waals surface area (Å²) in [5.41, 5.74) is 2.96. The van der Waals surface area contributed by atoms with Gasteiger partial charge in [-0.05, 0) is 55.5 Å². The van der Waals surface area contributed by atoms with Crippen molar-refractivity contribution in [1.29, 1.82) is 0 Å². The minimum Gasteiger partial charge on any atom is -0.345 e. The fourth-order valence-corrected chi connectivity index (χ4v) is 4.30. The second-order valence-electron chi connectivity index (χ2n) is 8.32. The highest BCUT2D eigenvalue weighted by atomic mass is 19.3. The summed E-state index contributed by atoms with van der Waals surface area (Å²) in [6, 6.07) is 7.88. The number of rotatable bonds is 4. The van der Waals surface area contributed by atoms with Gasteiger partial charge in [0.1, 0.15) is 0 Å². The molecule has 1 aliphatic heterocycles. The highest BCUT2D eigenvalue weighted by molar-refractivity contribution is 5.97. The molecule has 164 valence electrons. The van der Waals surface area contributed by atoms with Crippen LogP contribution >= 0.6 is 0 Å². The van der Waals surface area contributed by atoms with E-state index in [9.17, 15) is 22.8 Å². The number of fused-ring (bicyclic) bond motifs is 1. The van der Waals surface area contributed by atoms with Crippen LogP contribution in [-0.4, -0.2) is 29.3 Å². The Bertz CT molecular complexity index is 984. The Hall–Kier alpha value is -2.90. The molecule has 5 nitrogen and oxygen atoms in total. The quantitative estimate of drug-likeness (QED) is 0.729. The lowest BCUT2D eigenvalue weighted by atomic mass is 9.86. The van der Waals surface area contributed by atoms with E-state index in [0.717, 1.165) is 22.9 Å². The number of pyridine rings is 1. The summed E-state index contributed by atoms with van der Waals surface area (Å²) in [5.74, 6) is -4.09. The Morgan fingerprint density at radius 2 is 1.94 bits per heavy atom. The average Bonchev–Trinajstić information content (AvgIpc) is 3.17. The molecule has 1 fully saturated rings. The molecule has 2 heterocycles. The Kier molecular flexibility index (Phi) is 5.73. The number of amides is 2. The average molecular weight is 431 g/mol. The van der Waals surface area contributed by atoms with E-state index in [4.69, 9.17) is 0 Å². The van der Waals surface area contributed by atoms with Crippen molar-refractivity contribution >= 4 is 17.5 Å². The van der Waals surface area contributed by atoms with Crippen molar-refractivity contribution < 1.29 is 22.8 Å². The van der Waals surface area contributed by atoms with Crippen molar-refractivity contribution in [1.82, 2.24) is 10.3 Å². The van der Waals surface area contributed by atoms with E-state index in [1.54, 1.807) is 4.90 Å².